The number of benzene rings is 1. The number of ether oxygens (including phenoxy) is 3. The molecule has 1 aliphatic carbocycles. The van der Waals surface area contributed by atoms with E-state index < -0.39 is 0 Å². The van der Waals surface area contributed by atoms with Gasteiger partial charge < -0.3 is 19.1 Å². The minimum absolute atomic E-state index is 0.197. The lowest BCUT2D eigenvalue weighted by Gasteiger charge is -2.60. The summed E-state index contributed by atoms with van der Waals surface area (Å²) in [6.07, 6.45) is 6.47. The summed E-state index contributed by atoms with van der Waals surface area (Å²) in [5.41, 5.74) is 4.75. The van der Waals surface area contributed by atoms with Crippen LogP contribution >= 0.6 is 0 Å². The lowest BCUT2D eigenvalue weighted by atomic mass is 9.53. The highest BCUT2D eigenvalue weighted by atomic mass is 16.5. The van der Waals surface area contributed by atoms with Crippen LogP contribution in [0.2, 0.25) is 0 Å². The van der Waals surface area contributed by atoms with Crippen molar-refractivity contribution in [2.45, 2.75) is 55.8 Å². The van der Waals surface area contributed by atoms with Crippen LogP contribution in [0.25, 0.3) is 0 Å². The van der Waals surface area contributed by atoms with Gasteiger partial charge in [-0.2, -0.15) is 0 Å². The molecule has 7 atom stereocenters. The van der Waals surface area contributed by atoms with E-state index in [9.17, 15) is 0 Å². The SMILES string of the molecule is COc1cc2c(cc1OC)[C@]13CCN4CC5=CCO[C@@H]6C[C@H](C)N2[C@H]1[C@@H]6[C@H]5C[C@H]43. The van der Waals surface area contributed by atoms with Gasteiger partial charge in [0.15, 0.2) is 11.5 Å². The van der Waals surface area contributed by atoms with Crippen LogP contribution in [0.4, 0.5) is 5.69 Å². The van der Waals surface area contributed by atoms with E-state index in [1.807, 2.05) is 0 Å². The van der Waals surface area contributed by atoms with Crippen molar-refractivity contribution in [2.24, 2.45) is 11.8 Å². The van der Waals surface area contributed by atoms with Crippen LogP contribution in [0.3, 0.4) is 0 Å². The fraction of sp³-hybridized carbons (Fsp3) is 0.667. The van der Waals surface area contributed by atoms with E-state index in [-0.39, 0.29) is 5.41 Å². The highest BCUT2D eigenvalue weighted by Gasteiger charge is 2.70. The van der Waals surface area contributed by atoms with Gasteiger partial charge >= 0.3 is 0 Å². The van der Waals surface area contributed by atoms with Crippen LogP contribution in [0.15, 0.2) is 23.8 Å². The van der Waals surface area contributed by atoms with Gasteiger partial charge in [0, 0.05) is 47.8 Å². The fourth-order valence-corrected chi connectivity index (χ4v) is 8.35. The number of nitrogens with zero attached hydrogens (tertiary/aromatic N) is 2. The molecule has 0 N–H and O–H groups in total. The predicted molar refractivity (Wildman–Crippen MR) is 111 cm³/mol. The summed E-state index contributed by atoms with van der Waals surface area (Å²) in [6, 6.07) is 6.22. The van der Waals surface area contributed by atoms with Crippen molar-refractivity contribution in [3.8, 4) is 11.5 Å². The topological polar surface area (TPSA) is 34.2 Å². The standard InChI is InChI=1S/C24H30N2O3/c1-13-8-20-22-15-9-21-24(5-6-25(21)12-14(15)4-7-29-20)16-10-18(27-2)19(28-3)11-17(16)26(13)23(22)24/h4,10-11,13,15,20-23H,5-9,12H2,1-3H3/t13-,15-,20+,21-,22+,23-,24-/m0/s1. The molecule has 1 aromatic carbocycles. The largest absolute Gasteiger partial charge is 0.493 e. The molecule has 5 heterocycles. The number of rotatable bonds is 2. The van der Waals surface area contributed by atoms with E-state index in [1.54, 1.807) is 19.8 Å². The van der Waals surface area contributed by atoms with Gasteiger partial charge in [-0.15, -0.1) is 0 Å². The van der Waals surface area contributed by atoms with Gasteiger partial charge in [-0.25, -0.2) is 0 Å². The third-order valence-corrected chi connectivity index (χ3v) is 9.26. The number of fused-ring (bicyclic) bond motifs is 2. The van der Waals surface area contributed by atoms with Crippen LogP contribution in [0.5, 0.6) is 11.5 Å². The second kappa shape index (κ2) is 5.50. The molecule has 4 fully saturated rings. The van der Waals surface area contributed by atoms with Gasteiger partial charge in [0.25, 0.3) is 0 Å². The van der Waals surface area contributed by atoms with Gasteiger partial charge in [0.1, 0.15) is 0 Å². The molecule has 3 saturated heterocycles. The Morgan fingerprint density at radius 2 is 1.97 bits per heavy atom. The van der Waals surface area contributed by atoms with Crippen molar-refractivity contribution in [3.05, 3.63) is 29.3 Å². The highest BCUT2D eigenvalue weighted by Crippen LogP contribution is 2.67. The molecule has 0 radical (unpaired) electrons. The molecular weight excluding hydrogens is 364 g/mol. The normalized spacial score (nSPS) is 43.6. The molecule has 154 valence electrons. The van der Waals surface area contributed by atoms with Crippen molar-refractivity contribution >= 4 is 5.69 Å². The van der Waals surface area contributed by atoms with Crippen LogP contribution in [0, 0.1) is 11.8 Å². The van der Waals surface area contributed by atoms with Gasteiger partial charge in [0.2, 0.25) is 0 Å². The molecule has 0 aromatic heterocycles. The molecule has 0 unspecified atom stereocenters. The lowest BCUT2D eigenvalue weighted by molar-refractivity contribution is -0.0641. The first-order chi connectivity index (χ1) is 14.2. The molecule has 5 nitrogen and oxygen atoms in total. The molecule has 1 aromatic rings. The molecule has 5 aliphatic heterocycles. The van der Waals surface area contributed by atoms with Crippen molar-refractivity contribution in [2.75, 3.05) is 38.8 Å². The molecule has 1 saturated carbocycles. The molecule has 6 aliphatic rings. The maximum atomic E-state index is 6.51. The van der Waals surface area contributed by atoms with Crippen molar-refractivity contribution in [3.63, 3.8) is 0 Å². The summed E-state index contributed by atoms with van der Waals surface area (Å²) in [6.45, 7) is 5.55. The number of anilines is 1. The summed E-state index contributed by atoms with van der Waals surface area (Å²) in [5, 5.41) is 0. The first-order valence-electron chi connectivity index (χ1n) is 11.3. The molecule has 2 bridgehead atoms. The number of hydrogen-bond acceptors (Lipinski definition) is 5. The molecule has 0 amide bonds. The Morgan fingerprint density at radius 1 is 1.14 bits per heavy atom. The Bertz CT molecular complexity index is 929. The lowest BCUT2D eigenvalue weighted by Crippen LogP contribution is -2.69. The van der Waals surface area contributed by atoms with E-state index in [0.29, 0.717) is 36.1 Å². The zero-order valence-electron chi connectivity index (χ0n) is 17.6. The summed E-state index contributed by atoms with van der Waals surface area (Å²) in [5.74, 6) is 3.01. The summed E-state index contributed by atoms with van der Waals surface area (Å²) < 4.78 is 18.0. The zero-order valence-corrected chi connectivity index (χ0v) is 17.6. The Morgan fingerprint density at radius 3 is 2.79 bits per heavy atom. The average Bonchev–Trinajstić information content (AvgIpc) is 3.20. The molecular formula is C24H30N2O3. The summed E-state index contributed by atoms with van der Waals surface area (Å²) in [4.78, 5) is 5.56. The predicted octanol–water partition coefficient (Wildman–Crippen LogP) is 2.97. The average molecular weight is 395 g/mol. The van der Waals surface area contributed by atoms with Crippen LogP contribution in [-0.4, -0.2) is 63.0 Å². The zero-order chi connectivity index (χ0) is 19.5. The van der Waals surface area contributed by atoms with Crippen LogP contribution in [0.1, 0.15) is 31.7 Å². The van der Waals surface area contributed by atoms with Gasteiger partial charge in [0.05, 0.1) is 26.9 Å². The first kappa shape index (κ1) is 17.0. The minimum Gasteiger partial charge on any atom is -0.493 e. The van der Waals surface area contributed by atoms with Gasteiger partial charge in [-0.1, -0.05) is 11.6 Å². The van der Waals surface area contributed by atoms with E-state index in [2.05, 4.69) is 34.9 Å². The molecule has 1 spiro atoms. The van der Waals surface area contributed by atoms with Crippen LogP contribution in [-0.2, 0) is 10.2 Å². The van der Waals surface area contributed by atoms with E-state index in [0.717, 1.165) is 31.1 Å². The monoisotopic (exact) mass is 394 g/mol. The second-order valence-electron chi connectivity index (χ2n) is 10.0. The van der Waals surface area contributed by atoms with Gasteiger partial charge in [-0.3, -0.25) is 4.90 Å². The number of piperidine rings is 2. The molecule has 7 rings (SSSR count). The Balaban J connectivity index is 1.51. The maximum absolute atomic E-state index is 6.51. The highest BCUT2D eigenvalue weighted by molar-refractivity contribution is 5.73. The quantitative estimate of drug-likeness (QED) is 0.721. The van der Waals surface area contributed by atoms with Crippen LogP contribution < -0.4 is 14.4 Å². The molecule has 29 heavy (non-hydrogen) atoms. The Hall–Kier alpha value is -1.72. The first-order valence-corrected chi connectivity index (χ1v) is 11.3. The van der Waals surface area contributed by atoms with Gasteiger partial charge in [-0.05, 0) is 50.3 Å². The maximum Gasteiger partial charge on any atom is 0.162 e. The van der Waals surface area contributed by atoms with E-state index >= 15 is 0 Å². The van der Waals surface area contributed by atoms with E-state index in [1.165, 1.54) is 30.6 Å². The van der Waals surface area contributed by atoms with Crippen molar-refractivity contribution < 1.29 is 14.2 Å². The molecule has 5 heteroatoms. The van der Waals surface area contributed by atoms with E-state index in [4.69, 9.17) is 14.2 Å². The second-order valence-corrected chi connectivity index (χ2v) is 10.0. The van der Waals surface area contributed by atoms with Crippen molar-refractivity contribution in [1.82, 2.24) is 4.90 Å². The smallest absolute Gasteiger partial charge is 0.162 e. The summed E-state index contributed by atoms with van der Waals surface area (Å²) in [7, 11) is 3.51. The van der Waals surface area contributed by atoms with Crippen molar-refractivity contribution in [1.29, 1.82) is 0 Å². The third-order valence-electron chi connectivity index (χ3n) is 9.26. The third kappa shape index (κ3) is 1.82. The summed E-state index contributed by atoms with van der Waals surface area (Å²) >= 11 is 0. The number of hydrogen-bond donors (Lipinski definition) is 0. The Labute approximate surface area is 172 Å². The number of methoxy groups -OCH3 is 2. The minimum atomic E-state index is 0.197. The Kier molecular flexibility index (Phi) is 3.22. The fourth-order valence-electron chi connectivity index (χ4n) is 8.35.